The van der Waals surface area contributed by atoms with Crippen LogP contribution in [0.25, 0.3) is 0 Å². The third kappa shape index (κ3) is 3.30. The van der Waals surface area contributed by atoms with Crippen LogP contribution in [0.2, 0.25) is 0 Å². The summed E-state index contributed by atoms with van der Waals surface area (Å²) in [5.74, 6) is 0. The highest BCUT2D eigenvalue weighted by atomic mass is 19.3. The fourth-order valence-corrected chi connectivity index (χ4v) is 3.81. The van der Waals surface area contributed by atoms with Gasteiger partial charge in [-0.15, -0.1) is 0 Å². The molecule has 1 aromatic carbocycles. The summed E-state index contributed by atoms with van der Waals surface area (Å²) >= 11 is 0. The highest BCUT2D eigenvalue weighted by Crippen LogP contribution is 2.27. The van der Waals surface area contributed by atoms with Crippen molar-refractivity contribution in [3.05, 3.63) is 75.2 Å². The molecule has 0 radical (unpaired) electrons. The van der Waals surface area contributed by atoms with Gasteiger partial charge < -0.3 is 9.47 Å². The minimum absolute atomic E-state index is 0.0598. The van der Waals surface area contributed by atoms with Gasteiger partial charge >= 0.3 is 0 Å². The highest BCUT2D eigenvalue weighted by molar-refractivity contribution is 5.52. The Bertz CT molecular complexity index is 1040. The summed E-state index contributed by atoms with van der Waals surface area (Å²) in [4.78, 5) is 18.6. The van der Waals surface area contributed by atoms with Crippen molar-refractivity contribution in [3.63, 3.8) is 0 Å². The van der Waals surface area contributed by atoms with Crippen LogP contribution in [0, 0.1) is 0 Å². The Morgan fingerprint density at radius 1 is 1.29 bits per heavy atom. The molecule has 28 heavy (non-hydrogen) atoms. The van der Waals surface area contributed by atoms with Gasteiger partial charge in [-0.05, 0) is 12.0 Å². The average Bonchev–Trinajstić information content (AvgIpc) is 3.10. The smallest absolute Gasteiger partial charge is 0.269 e. The first-order valence-corrected chi connectivity index (χ1v) is 9.28. The number of imidazole rings is 1. The molecule has 0 spiro atoms. The summed E-state index contributed by atoms with van der Waals surface area (Å²) < 4.78 is 28.5. The number of hydrogen-bond donors (Lipinski definition) is 1. The van der Waals surface area contributed by atoms with Gasteiger partial charge in [0.05, 0.1) is 30.5 Å². The zero-order valence-corrected chi connectivity index (χ0v) is 15.5. The first-order valence-electron chi connectivity index (χ1n) is 9.28. The number of benzene rings is 1. The summed E-state index contributed by atoms with van der Waals surface area (Å²) in [7, 11) is 0. The predicted octanol–water partition coefficient (Wildman–Crippen LogP) is 3.08. The van der Waals surface area contributed by atoms with E-state index in [-0.39, 0.29) is 11.1 Å². The molecule has 6 nitrogen and oxygen atoms in total. The number of alkyl halides is 2. The first-order chi connectivity index (χ1) is 13.6. The lowest BCUT2D eigenvalue weighted by Crippen LogP contribution is -2.33. The molecule has 0 unspecified atom stereocenters. The molecule has 1 N–H and O–H groups in total. The van der Waals surface area contributed by atoms with Crippen LogP contribution in [-0.4, -0.2) is 26.3 Å². The highest BCUT2D eigenvalue weighted by Gasteiger charge is 2.24. The van der Waals surface area contributed by atoms with E-state index in [0.717, 1.165) is 23.5 Å². The molecule has 1 aliphatic heterocycles. The van der Waals surface area contributed by atoms with Gasteiger partial charge in [0.25, 0.3) is 12.0 Å². The van der Waals surface area contributed by atoms with Crippen LogP contribution in [0.4, 0.5) is 14.5 Å². The fourth-order valence-electron chi connectivity index (χ4n) is 3.81. The van der Waals surface area contributed by atoms with Crippen molar-refractivity contribution < 1.29 is 8.78 Å². The van der Waals surface area contributed by atoms with E-state index in [9.17, 15) is 13.6 Å². The van der Waals surface area contributed by atoms with Gasteiger partial charge in [-0.1, -0.05) is 31.2 Å². The lowest BCUT2D eigenvalue weighted by atomic mass is 10.1. The largest absolute Gasteiger partial charge is 0.363 e. The van der Waals surface area contributed by atoms with E-state index >= 15 is 0 Å². The molecule has 0 bridgehead atoms. The molecule has 1 aliphatic rings. The van der Waals surface area contributed by atoms with E-state index in [1.165, 1.54) is 6.07 Å². The molecule has 0 aliphatic carbocycles. The SMILES string of the molecule is CCc1c(N2CCc3c(ncn3Cc3ccccc3C(F)F)C2)cn[nH]c1=O. The minimum atomic E-state index is -2.50. The van der Waals surface area contributed by atoms with E-state index in [1.807, 2.05) is 11.5 Å². The minimum Gasteiger partial charge on any atom is -0.363 e. The third-order valence-electron chi connectivity index (χ3n) is 5.25. The number of nitrogens with one attached hydrogen (secondary N) is 1. The Kier molecular flexibility index (Phi) is 4.93. The molecule has 0 atom stereocenters. The summed E-state index contributed by atoms with van der Waals surface area (Å²) in [6, 6.07) is 6.61. The van der Waals surface area contributed by atoms with Gasteiger partial charge in [-0.3, -0.25) is 4.79 Å². The number of nitrogens with zero attached hydrogens (tertiary/aromatic N) is 4. The van der Waals surface area contributed by atoms with Crippen molar-refractivity contribution >= 4 is 5.69 Å². The number of halogens is 2. The molecule has 2 aromatic heterocycles. The van der Waals surface area contributed by atoms with E-state index < -0.39 is 6.43 Å². The second-order valence-electron chi connectivity index (χ2n) is 6.85. The maximum atomic E-state index is 13.3. The Morgan fingerprint density at radius 3 is 2.89 bits per heavy atom. The maximum Gasteiger partial charge on any atom is 0.269 e. The van der Waals surface area contributed by atoms with Gasteiger partial charge in [0.1, 0.15) is 0 Å². The zero-order valence-electron chi connectivity index (χ0n) is 15.5. The Hall–Kier alpha value is -3.03. The summed E-state index contributed by atoms with van der Waals surface area (Å²) in [6.07, 6.45) is 2.24. The molecule has 0 amide bonds. The number of rotatable bonds is 5. The van der Waals surface area contributed by atoms with Gasteiger partial charge in [-0.2, -0.15) is 5.10 Å². The normalized spacial score (nSPS) is 13.8. The molecular formula is C20H21F2N5O. The Labute approximate surface area is 160 Å². The lowest BCUT2D eigenvalue weighted by molar-refractivity contribution is 0.150. The van der Waals surface area contributed by atoms with E-state index in [0.29, 0.717) is 37.2 Å². The van der Waals surface area contributed by atoms with Crippen LogP contribution in [0.5, 0.6) is 0 Å². The predicted molar refractivity (Wildman–Crippen MR) is 102 cm³/mol. The van der Waals surface area contributed by atoms with Crippen molar-refractivity contribution in [2.24, 2.45) is 0 Å². The van der Waals surface area contributed by atoms with Crippen molar-refractivity contribution in [2.75, 3.05) is 11.4 Å². The fraction of sp³-hybridized carbons (Fsp3) is 0.350. The number of aromatic amines is 1. The first kappa shape index (κ1) is 18.3. The average molecular weight is 385 g/mol. The number of fused-ring (bicyclic) bond motifs is 1. The number of aromatic nitrogens is 4. The topological polar surface area (TPSA) is 66.8 Å². The Balaban J connectivity index is 1.60. The molecule has 0 fully saturated rings. The van der Waals surface area contributed by atoms with Gasteiger partial charge in [0.15, 0.2) is 0 Å². The van der Waals surface area contributed by atoms with Crippen molar-refractivity contribution in [2.45, 2.75) is 39.3 Å². The van der Waals surface area contributed by atoms with E-state index in [4.69, 9.17) is 0 Å². The zero-order chi connectivity index (χ0) is 19.7. The Morgan fingerprint density at radius 2 is 2.11 bits per heavy atom. The van der Waals surface area contributed by atoms with E-state index in [2.05, 4.69) is 20.1 Å². The molecule has 4 rings (SSSR count). The molecular weight excluding hydrogens is 364 g/mol. The molecule has 0 saturated carbocycles. The molecule has 3 aromatic rings. The van der Waals surface area contributed by atoms with Crippen LogP contribution >= 0.6 is 0 Å². The van der Waals surface area contributed by atoms with Crippen molar-refractivity contribution in [3.8, 4) is 0 Å². The van der Waals surface area contributed by atoms with Crippen LogP contribution in [0.1, 0.15) is 41.4 Å². The lowest BCUT2D eigenvalue weighted by Gasteiger charge is -2.30. The monoisotopic (exact) mass is 385 g/mol. The van der Waals surface area contributed by atoms with Crippen LogP contribution in [-0.2, 0) is 25.9 Å². The summed E-state index contributed by atoms with van der Waals surface area (Å²) in [5, 5.41) is 6.42. The number of hydrogen-bond acceptors (Lipinski definition) is 4. The van der Waals surface area contributed by atoms with Gasteiger partial charge in [0.2, 0.25) is 0 Å². The maximum absolute atomic E-state index is 13.3. The van der Waals surface area contributed by atoms with Gasteiger partial charge in [0, 0.05) is 36.3 Å². The van der Waals surface area contributed by atoms with Crippen molar-refractivity contribution in [1.29, 1.82) is 0 Å². The van der Waals surface area contributed by atoms with Crippen LogP contribution < -0.4 is 10.5 Å². The molecule has 0 saturated heterocycles. The molecule has 146 valence electrons. The third-order valence-corrected chi connectivity index (χ3v) is 5.25. The summed E-state index contributed by atoms with van der Waals surface area (Å²) in [5.41, 5.74) is 3.99. The van der Waals surface area contributed by atoms with Gasteiger partial charge in [-0.25, -0.2) is 18.9 Å². The second kappa shape index (κ2) is 7.53. The van der Waals surface area contributed by atoms with Crippen molar-refractivity contribution in [1.82, 2.24) is 19.7 Å². The van der Waals surface area contributed by atoms with Crippen LogP contribution in [0.3, 0.4) is 0 Å². The number of H-pyrrole nitrogens is 1. The standard InChI is InChI=1S/C20H21F2N5O/c1-2-14-18(9-24-25-20(14)28)26-8-7-17-16(11-26)23-12-27(17)10-13-5-3-4-6-15(13)19(21)22/h3-6,9,12,19H,2,7-8,10-11H2,1H3,(H,25,28). The summed E-state index contributed by atoms with van der Waals surface area (Å²) in [6.45, 7) is 3.60. The van der Waals surface area contributed by atoms with E-state index in [1.54, 1.807) is 30.7 Å². The number of anilines is 1. The van der Waals surface area contributed by atoms with Crippen LogP contribution in [0.15, 0.2) is 41.6 Å². The second-order valence-corrected chi connectivity index (χ2v) is 6.85. The molecule has 3 heterocycles. The molecule has 8 heteroatoms. The quantitative estimate of drug-likeness (QED) is 0.733.